The average Bonchev–Trinajstić information content (AvgIpc) is 3.03. The van der Waals surface area contributed by atoms with E-state index in [0.717, 1.165) is 32.2 Å². The summed E-state index contributed by atoms with van der Waals surface area (Å²) in [7, 11) is 0. The van der Waals surface area contributed by atoms with Gasteiger partial charge in [-0.3, -0.25) is 0 Å². The minimum atomic E-state index is 0.495. The number of aryl methyl sites for hydroxylation is 1. The summed E-state index contributed by atoms with van der Waals surface area (Å²) < 4.78 is 7.77. The van der Waals surface area contributed by atoms with Crippen LogP contribution >= 0.6 is 0 Å². The molecule has 2 aliphatic heterocycles. The smallest absolute Gasteiger partial charge is 0.108 e. The maximum Gasteiger partial charge on any atom is 0.108 e. The van der Waals surface area contributed by atoms with Crippen LogP contribution in [-0.4, -0.2) is 58.9 Å². The Balaban J connectivity index is 1.41. The lowest BCUT2D eigenvalue weighted by Gasteiger charge is -2.40. The van der Waals surface area contributed by atoms with Crippen molar-refractivity contribution in [3.05, 3.63) is 18.2 Å². The largest absolute Gasteiger partial charge is 0.381 e. The maximum atomic E-state index is 5.49. The fourth-order valence-corrected chi connectivity index (χ4v) is 4.05. The van der Waals surface area contributed by atoms with E-state index in [9.17, 15) is 0 Å². The topological polar surface area (TPSA) is 42.3 Å². The summed E-state index contributed by atoms with van der Waals surface area (Å²) in [6.07, 6.45) is 9.99. The van der Waals surface area contributed by atoms with Crippen molar-refractivity contribution in [2.75, 3.05) is 26.3 Å². The standard InChI is InChI=1S/C18H32N4O/c1-3-18-19-8-11-22(18)14-15(2)20-16-4-9-21(10-5-16)17-6-12-23-13-7-17/h8,11,15-17,20H,3-7,9-10,12-14H2,1-2H3. The molecule has 0 spiro atoms. The average molecular weight is 320 g/mol. The molecule has 0 radical (unpaired) electrons. The van der Waals surface area contributed by atoms with E-state index in [1.165, 1.54) is 44.6 Å². The van der Waals surface area contributed by atoms with E-state index in [2.05, 4.69) is 39.8 Å². The van der Waals surface area contributed by atoms with Gasteiger partial charge in [0.25, 0.3) is 0 Å². The van der Waals surface area contributed by atoms with Crippen molar-refractivity contribution < 1.29 is 4.74 Å². The van der Waals surface area contributed by atoms with E-state index in [-0.39, 0.29) is 0 Å². The second kappa shape index (κ2) is 8.27. The van der Waals surface area contributed by atoms with Crippen LogP contribution in [0.15, 0.2) is 12.4 Å². The number of nitrogens with zero attached hydrogens (tertiary/aromatic N) is 3. The molecule has 1 aromatic rings. The predicted octanol–water partition coefficient (Wildman–Crippen LogP) is 2.07. The van der Waals surface area contributed by atoms with Crippen molar-refractivity contribution in [1.82, 2.24) is 19.8 Å². The van der Waals surface area contributed by atoms with Gasteiger partial charge >= 0.3 is 0 Å². The Hall–Kier alpha value is -0.910. The number of imidazole rings is 1. The second-order valence-electron chi connectivity index (χ2n) is 7.07. The van der Waals surface area contributed by atoms with Crippen molar-refractivity contribution in [3.8, 4) is 0 Å². The number of likely N-dealkylation sites (tertiary alicyclic amines) is 1. The number of hydrogen-bond donors (Lipinski definition) is 1. The molecule has 1 N–H and O–H groups in total. The highest BCUT2D eigenvalue weighted by atomic mass is 16.5. The van der Waals surface area contributed by atoms with Gasteiger partial charge in [-0.15, -0.1) is 0 Å². The Labute approximate surface area is 140 Å². The van der Waals surface area contributed by atoms with E-state index in [1.54, 1.807) is 0 Å². The summed E-state index contributed by atoms with van der Waals surface area (Å²) in [6, 6.07) is 1.92. The number of aromatic nitrogens is 2. The molecule has 0 aromatic carbocycles. The van der Waals surface area contributed by atoms with Crippen LogP contribution in [0.2, 0.25) is 0 Å². The van der Waals surface area contributed by atoms with Crippen LogP contribution in [0, 0.1) is 0 Å². The van der Waals surface area contributed by atoms with Gasteiger partial charge in [0.05, 0.1) is 0 Å². The molecule has 1 atom stereocenters. The van der Waals surface area contributed by atoms with Crippen molar-refractivity contribution in [2.24, 2.45) is 0 Å². The molecule has 3 heterocycles. The number of ether oxygens (including phenoxy) is 1. The molecule has 0 saturated carbocycles. The number of piperidine rings is 1. The van der Waals surface area contributed by atoms with Crippen LogP contribution in [0.1, 0.15) is 45.4 Å². The first kappa shape index (κ1) is 16.9. The van der Waals surface area contributed by atoms with E-state index >= 15 is 0 Å². The third-order valence-electron chi connectivity index (χ3n) is 5.35. The minimum Gasteiger partial charge on any atom is -0.381 e. The lowest BCUT2D eigenvalue weighted by molar-refractivity contribution is 0.0233. The Morgan fingerprint density at radius 1 is 1.26 bits per heavy atom. The predicted molar refractivity (Wildman–Crippen MR) is 92.6 cm³/mol. The molecule has 0 amide bonds. The third kappa shape index (κ3) is 4.55. The molecular weight excluding hydrogens is 288 g/mol. The molecule has 5 nitrogen and oxygen atoms in total. The van der Waals surface area contributed by atoms with Crippen LogP contribution in [0.4, 0.5) is 0 Å². The Kier molecular flexibility index (Phi) is 6.08. The van der Waals surface area contributed by atoms with Gasteiger partial charge in [0.1, 0.15) is 5.82 Å². The van der Waals surface area contributed by atoms with Crippen LogP contribution < -0.4 is 5.32 Å². The van der Waals surface area contributed by atoms with Gasteiger partial charge in [-0.2, -0.15) is 0 Å². The first-order valence-corrected chi connectivity index (χ1v) is 9.34. The Bertz CT molecular complexity index is 461. The molecule has 23 heavy (non-hydrogen) atoms. The SMILES string of the molecule is CCc1nccn1CC(C)NC1CCN(C2CCOCC2)CC1. The first-order valence-electron chi connectivity index (χ1n) is 9.34. The number of nitrogens with one attached hydrogen (secondary N) is 1. The lowest BCUT2D eigenvalue weighted by atomic mass is 9.99. The van der Waals surface area contributed by atoms with Gasteiger partial charge < -0.3 is 19.5 Å². The van der Waals surface area contributed by atoms with Gasteiger partial charge in [-0.05, 0) is 45.7 Å². The summed E-state index contributed by atoms with van der Waals surface area (Å²) in [6.45, 7) is 9.85. The third-order valence-corrected chi connectivity index (χ3v) is 5.35. The first-order chi connectivity index (χ1) is 11.3. The van der Waals surface area contributed by atoms with Crippen molar-refractivity contribution in [2.45, 2.75) is 70.6 Å². The van der Waals surface area contributed by atoms with Crippen molar-refractivity contribution in [1.29, 1.82) is 0 Å². The van der Waals surface area contributed by atoms with Crippen LogP contribution in [0.3, 0.4) is 0 Å². The maximum absolute atomic E-state index is 5.49. The molecule has 1 unspecified atom stereocenters. The zero-order valence-corrected chi connectivity index (χ0v) is 14.7. The summed E-state index contributed by atoms with van der Waals surface area (Å²) in [5, 5.41) is 3.83. The second-order valence-corrected chi connectivity index (χ2v) is 7.07. The van der Waals surface area contributed by atoms with Crippen molar-refractivity contribution in [3.63, 3.8) is 0 Å². The molecule has 2 fully saturated rings. The molecular formula is C18H32N4O. The normalized spacial score (nSPS) is 23.2. The Morgan fingerprint density at radius 2 is 2.00 bits per heavy atom. The van der Waals surface area contributed by atoms with Gasteiger partial charge in [0.15, 0.2) is 0 Å². The van der Waals surface area contributed by atoms with Crippen LogP contribution in [0.25, 0.3) is 0 Å². The zero-order chi connectivity index (χ0) is 16.1. The van der Waals surface area contributed by atoms with Crippen molar-refractivity contribution >= 4 is 0 Å². The molecule has 1 aromatic heterocycles. The highest BCUT2D eigenvalue weighted by Crippen LogP contribution is 2.20. The van der Waals surface area contributed by atoms with E-state index < -0.39 is 0 Å². The monoisotopic (exact) mass is 320 g/mol. The minimum absolute atomic E-state index is 0.495. The van der Waals surface area contributed by atoms with E-state index in [1.807, 2.05) is 6.20 Å². The van der Waals surface area contributed by atoms with Crippen LogP contribution in [-0.2, 0) is 17.7 Å². The molecule has 2 aliphatic rings. The molecule has 3 rings (SSSR count). The van der Waals surface area contributed by atoms with Gasteiger partial charge in [0, 0.05) is 56.7 Å². The Morgan fingerprint density at radius 3 is 2.70 bits per heavy atom. The number of hydrogen-bond acceptors (Lipinski definition) is 4. The zero-order valence-electron chi connectivity index (χ0n) is 14.7. The fourth-order valence-electron chi connectivity index (χ4n) is 4.05. The quantitative estimate of drug-likeness (QED) is 0.871. The van der Waals surface area contributed by atoms with Crippen LogP contribution in [0.5, 0.6) is 0 Å². The van der Waals surface area contributed by atoms with Gasteiger partial charge in [-0.1, -0.05) is 6.92 Å². The summed E-state index contributed by atoms with van der Waals surface area (Å²) in [5.41, 5.74) is 0. The van der Waals surface area contributed by atoms with Gasteiger partial charge in [-0.25, -0.2) is 4.98 Å². The molecule has 2 saturated heterocycles. The molecule has 0 aliphatic carbocycles. The van der Waals surface area contributed by atoms with E-state index in [0.29, 0.717) is 12.1 Å². The highest BCUT2D eigenvalue weighted by Gasteiger charge is 2.26. The lowest BCUT2D eigenvalue weighted by Crippen LogP contribution is -2.50. The molecule has 130 valence electrons. The molecule has 0 bridgehead atoms. The van der Waals surface area contributed by atoms with E-state index in [4.69, 9.17) is 4.74 Å². The summed E-state index contributed by atoms with van der Waals surface area (Å²) in [4.78, 5) is 7.11. The molecule has 5 heteroatoms. The summed E-state index contributed by atoms with van der Waals surface area (Å²) >= 11 is 0. The van der Waals surface area contributed by atoms with Gasteiger partial charge in [0.2, 0.25) is 0 Å². The number of rotatable bonds is 6. The fraction of sp³-hybridized carbons (Fsp3) is 0.833. The summed E-state index contributed by atoms with van der Waals surface area (Å²) in [5.74, 6) is 1.19. The highest BCUT2D eigenvalue weighted by molar-refractivity contribution is 4.93.